The van der Waals surface area contributed by atoms with Gasteiger partial charge in [0.2, 0.25) is 0 Å². The second-order valence-electron chi connectivity index (χ2n) is 8.92. The zero-order chi connectivity index (χ0) is 23.7. The van der Waals surface area contributed by atoms with Crippen LogP contribution in [-0.2, 0) is 23.7 Å². The van der Waals surface area contributed by atoms with E-state index in [1.807, 2.05) is 44.2 Å². The molecule has 0 saturated heterocycles. The van der Waals surface area contributed by atoms with E-state index in [1.165, 1.54) is 17.7 Å². The first-order chi connectivity index (χ1) is 15.9. The second kappa shape index (κ2) is 12.2. The van der Waals surface area contributed by atoms with Crippen molar-refractivity contribution in [2.45, 2.75) is 70.8 Å². The minimum absolute atomic E-state index is 0.179. The van der Waals surface area contributed by atoms with Crippen molar-refractivity contribution >= 4 is 0 Å². The van der Waals surface area contributed by atoms with E-state index in [-0.39, 0.29) is 12.5 Å². The molecule has 1 saturated carbocycles. The number of ether oxygens (including phenoxy) is 1. The Bertz CT molecular complexity index is 922. The topological polar surface area (TPSA) is 9.23 Å². The van der Waals surface area contributed by atoms with E-state index in [1.54, 1.807) is 6.07 Å². The predicted molar refractivity (Wildman–Crippen MR) is 129 cm³/mol. The summed E-state index contributed by atoms with van der Waals surface area (Å²) in [4.78, 5) is 0. The van der Waals surface area contributed by atoms with E-state index in [0.29, 0.717) is 12.3 Å². The highest BCUT2D eigenvalue weighted by Crippen LogP contribution is 2.38. The van der Waals surface area contributed by atoms with Gasteiger partial charge in [0.05, 0.1) is 12.2 Å². The van der Waals surface area contributed by atoms with E-state index >= 15 is 0 Å². The van der Waals surface area contributed by atoms with Crippen LogP contribution in [0.1, 0.15) is 74.1 Å². The SMILES string of the molecule is C/C=C/CCc1ccc(CCOC(F)(F)c2ccc(C3CCC(/C=C/C)CC3)cc2F)cc1. The monoisotopic (exact) mass is 456 g/mol. The standard InChI is InChI=1S/C29H35F3O/c1-3-5-6-8-23-9-11-24(12-10-23)19-20-33-29(31,32)27-18-17-26(21-28(27)30)25-15-13-22(7-4-2)14-16-25/h3-5,7,9-12,17-18,21-22,25H,6,8,13-16,19-20H2,1-2H3/b5-3+,7-4+. The van der Waals surface area contributed by atoms with Crippen molar-refractivity contribution in [2.75, 3.05) is 6.61 Å². The van der Waals surface area contributed by atoms with Crippen LogP contribution in [0.3, 0.4) is 0 Å². The number of rotatable bonds is 10. The molecule has 1 aliphatic rings. The smallest absolute Gasteiger partial charge is 0.316 e. The molecule has 0 spiro atoms. The Labute approximate surface area is 196 Å². The number of benzene rings is 2. The van der Waals surface area contributed by atoms with Gasteiger partial charge in [0.1, 0.15) is 5.82 Å². The molecular formula is C29H35F3O. The number of alkyl halides is 2. The lowest BCUT2D eigenvalue weighted by Gasteiger charge is -2.27. The van der Waals surface area contributed by atoms with Crippen molar-refractivity contribution < 1.29 is 17.9 Å². The highest BCUT2D eigenvalue weighted by molar-refractivity contribution is 5.29. The minimum atomic E-state index is -3.65. The number of halogens is 3. The summed E-state index contributed by atoms with van der Waals surface area (Å²) in [7, 11) is 0. The van der Waals surface area contributed by atoms with Gasteiger partial charge in [0.25, 0.3) is 0 Å². The average molecular weight is 457 g/mol. The normalized spacial score (nSPS) is 19.5. The van der Waals surface area contributed by atoms with E-state index in [0.717, 1.165) is 49.7 Å². The van der Waals surface area contributed by atoms with Crippen LogP contribution >= 0.6 is 0 Å². The van der Waals surface area contributed by atoms with E-state index < -0.39 is 17.5 Å². The van der Waals surface area contributed by atoms with Gasteiger partial charge in [-0.2, -0.15) is 8.78 Å². The molecule has 2 aromatic carbocycles. The molecule has 0 bridgehead atoms. The van der Waals surface area contributed by atoms with Gasteiger partial charge in [-0.3, -0.25) is 0 Å². The molecule has 3 rings (SSSR count). The maximum absolute atomic E-state index is 14.6. The molecule has 0 radical (unpaired) electrons. The molecule has 2 aromatic rings. The average Bonchev–Trinajstić information content (AvgIpc) is 2.81. The van der Waals surface area contributed by atoms with Crippen molar-refractivity contribution in [1.82, 2.24) is 0 Å². The Morgan fingerprint density at radius 3 is 2.18 bits per heavy atom. The van der Waals surface area contributed by atoms with Gasteiger partial charge in [-0.05, 0) is 99.5 Å². The van der Waals surface area contributed by atoms with Crippen molar-refractivity contribution in [2.24, 2.45) is 5.92 Å². The summed E-state index contributed by atoms with van der Waals surface area (Å²) in [5, 5.41) is 0. The Morgan fingerprint density at radius 2 is 1.58 bits per heavy atom. The zero-order valence-corrected chi connectivity index (χ0v) is 19.7. The van der Waals surface area contributed by atoms with Crippen LogP contribution < -0.4 is 0 Å². The Balaban J connectivity index is 1.53. The fraction of sp³-hybridized carbons (Fsp3) is 0.448. The lowest BCUT2D eigenvalue weighted by atomic mass is 9.78. The van der Waals surface area contributed by atoms with Crippen molar-refractivity contribution in [3.8, 4) is 0 Å². The summed E-state index contributed by atoms with van der Waals surface area (Å²) in [5.41, 5.74) is 2.25. The van der Waals surface area contributed by atoms with Crippen molar-refractivity contribution in [1.29, 1.82) is 0 Å². The van der Waals surface area contributed by atoms with Crippen LogP contribution in [-0.4, -0.2) is 6.61 Å². The van der Waals surface area contributed by atoms with Crippen LogP contribution in [0.25, 0.3) is 0 Å². The third-order valence-electron chi connectivity index (χ3n) is 6.55. The Hall–Kier alpha value is -2.33. The molecule has 4 heteroatoms. The number of hydrogen-bond acceptors (Lipinski definition) is 1. The lowest BCUT2D eigenvalue weighted by Crippen LogP contribution is -2.22. The summed E-state index contributed by atoms with van der Waals surface area (Å²) < 4.78 is 48.7. The van der Waals surface area contributed by atoms with Gasteiger partial charge in [-0.25, -0.2) is 4.39 Å². The summed E-state index contributed by atoms with van der Waals surface area (Å²) in [5.74, 6) is -0.0911. The quantitative estimate of drug-likeness (QED) is 0.326. The highest BCUT2D eigenvalue weighted by Gasteiger charge is 2.36. The summed E-state index contributed by atoms with van der Waals surface area (Å²) in [6, 6.07) is 12.0. The number of allylic oxidation sites excluding steroid dienone is 4. The van der Waals surface area contributed by atoms with Gasteiger partial charge in [0, 0.05) is 0 Å². The molecule has 0 N–H and O–H groups in total. The fourth-order valence-electron chi connectivity index (χ4n) is 4.60. The van der Waals surface area contributed by atoms with Gasteiger partial charge in [-0.15, -0.1) is 0 Å². The van der Waals surface area contributed by atoms with Crippen LogP contribution in [0, 0.1) is 11.7 Å². The fourth-order valence-corrected chi connectivity index (χ4v) is 4.60. The van der Waals surface area contributed by atoms with E-state index in [9.17, 15) is 13.2 Å². The molecule has 0 heterocycles. The van der Waals surface area contributed by atoms with E-state index in [4.69, 9.17) is 4.74 Å². The third-order valence-corrected chi connectivity index (χ3v) is 6.55. The van der Waals surface area contributed by atoms with Crippen LogP contribution in [0.5, 0.6) is 0 Å². The first-order valence-electron chi connectivity index (χ1n) is 12.1. The Kier molecular flexibility index (Phi) is 9.37. The zero-order valence-electron chi connectivity index (χ0n) is 19.7. The first-order valence-corrected chi connectivity index (χ1v) is 12.1. The number of aryl methyl sites for hydroxylation is 1. The van der Waals surface area contributed by atoms with Crippen LogP contribution in [0.4, 0.5) is 13.2 Å². The Morgan fingerprint density at radius 1 is 0.909 bits per heavy atom. The van der Waals surface area contributed by atoms with Gasteiger partial charge >= 0.3 is 6.11 Å². The second-order valence-corrected chi connectivity index (χ2v) is 8.92. The maximum Gasteiger partial charge on any atom is 0.386 e. The molecule has 0 amide bonds. The molecule has 0 aliphatic heterocycles. The van der Waals surface area contributed by atoms with Crippen molar-refractivity contribution in [3.05, 3.63) is 94.8 Å². The number of hydrogen-bond donors (Lipinski definition) is 0. The molecular weight excluding hydrogens is 421 g/mol. The van der Waals surface area contributed by atoms with Gasteiger partial charge in [0.15, 0.2) is 0 Å². The summed E-state index contributed by atoms with van der Waals surface area (Å²) in [6.07, 6.45) is 11.1. The molecule has 0 atom stereocenters. The summed E-state index contributed by atoms with van der Waals surface area (Å²) >= 11 is 0. The van der Waals surface area contributed by atoms with Crippen LogP contribution in [0.15, 0.2) is 66.8 Å². The van der Waals surface area contributed by atoms with Gasteiger partial charge < -0.3 is 4.74 Å². The third kappa shape index (κ3) is 7.33. The van der Waals surface area contributed by atoms with E-state index in [2.05, 4.69) is 18.2 Å². The molecule has 1 fully saturated rings. The molecule has 1 nitrogen and oxygen atoms in total. The minimum Gasteiger partial charge on any atom is -0.316 e. The van der Waals surface area contributed by atoms with Gasteiger partial charge in [-0.1, -0.05) is 54.6 Å². The maximum atomic E-state index is 14.6. The first kappa shape index (κ1) is 25.3. The molecule has 0 unspecified atom stereocenters. The molecule has 33 heavy (non-hydrogen) atoms. The summed E-state index contributed by atoms with van der Waals surface area (Å²) in [6.45, 7) is 3.84. The predicted octanol–water partition coefficient (Wildman–Crippen LogP) is 8.49. The molecule has 1 aliphatic carbocycles. The van der Waals surface area contributed by atoms with Crippen LogP contribution in [0.2, 0.25) is 0 Å². The molecule has 0 aromatic heterocycles. The highest BCUT2D eigenvalue weighted by atomic mass is 19.3. The van der Waals surface area contributed by atoms with Crippen molar-refractivity contribution in [3.63, 3.8) is 0 Å². The lowest BCUT2D eigenvalue weighted by molar-refractivity contribution is -0.249. The molecule has 178 valence electrons. The largest absolute Gasteiger partial charge is 0.386 e.